The van der Waals surface area contributed by atoms with E-state index in [4.69, 9.17) is 4.98 Å². The predicted octanol–water partition coefficient (Wildman–Crippen LogP) is 6.02. The van der Waals surface area contributed by atoms with Crippen molar-refractivity contribution < 1.29 is 4.79 Å². The number of pyridine rings is 1. The van der Waals surface area contributed by atoms with Crippen LogP contribution >= 0.6 is 39.0 Å². The summed E-state index contributed by atoms with van der Waals surface area (Å²) in [6, 6.07) is 19.3. The number of aromatic nitrogens is 2. The van der Waals surface area contributed by atoms with Crippen molar-refractivity contribution in [2.75, 3.05) is 11.2 Å². The predicted molar refractivity (Wildman–Crippen MR) is 120 cm³/mol. The van der Waals surface area contributed by atoms with Crippen LogP contribution in [0.2, 0.25) is 0 Å². The van der Waals surface area contributed by atoms with Gasteiger partial charge in [0.25, 0.3) is 5.91 Å². The SMILES string of the molecule is CSc1cccc(C(=O)N(Cc2ccccn2)c2nc3ccc(Br)cc3s2)c1. The van der Waals surface area contributed by atoms with Gasteiger partial charge in [-0.15, -0.1) is 11.8 Å². The zero-order valence-corrected chi connectivity index (χ0v) is 18.2. The normalized spacial score (nSPS) is 10.9. The molecule has 0 bridgehead atoms. The monoisotopic (exact) mass is 469 g/mol. The van der Waals surface area contributed by atoms with E-state index >= 15 is 0 Å². The Hall–Kier alpha value is -2.22. The molecule has 0 N–H and O–H groups in total. The van der Waals surface area contributed by atoms with Gasteiger partial charge in [-0.1, -0.05) is 39.4 Å². The van der Waals surface area contributed by atoms with Crippen molar-refractivity contribution in [1.82, 2.24) is 9.97 Å². The van der Waals surface area contributed by atoms with Gasteiger partial charge < -0.3 is 0 Å². The van der Waals surface area contributed by atoms with E-state index in [0.717, 1.165) is 25.3 Å². The molecule has 0 atom stereocenters. The fraction of sp³-hybridized carbons (Fsp3) is 0.0952. The van der Waals surface area contributed by atoms with E-state index in [-0.39, 0.29) is 5.91 Å². The Kier molecular flexibility index (Phi) is 5.75. The number of fused-ring (bicyclic) bond motifs is 1. The molecule has 0 spiro atoms. The number of rotatable bonds is 5. The standard InChI is InChI=1S/C21H16BrN3OS2/c1-27-17-7-4-5-14(11-17)20(26)25(13-16-6-2-3-10-23-16)21-24-18-9-8-15(22)12-19(18)28-21/h2-12H,13H2,1H3. The Bertz CT molecular complexity index is 1130. The van der Waals surface area contributed by atoms with E-state index in [9.17, 15) is 4.79 Å². The highest BCUT2D eigenvalue weighted by molar-refractivity contribution is 9.10. The van der Waals surface area contributed by atoms with Gasteiger partial charge in [-0.05, 0) is 54.8 Å². The lowest BCUT2D eigenvalue weighted by Crippen LogP contribution is -2.30. The lowest BCUT2D eigenvalue weighted by Gasteiger charge is -2.20. The third-order valence-electron chi connectivity index (χ3n) is 4.18. The van der Waals surface area contributed by atoms with E-state index in [1.54, 1.807) is 22.9 Å². The van der Waals surface area contributed by atoms with Gasteiger partial charge in [0.05, 0.1) is 22.5 Å². The molecule has 140 valence electrons. The first kappa shape index (κ1) is 19.1. The van der Waals surface area contributed by atoms with Crippen LogP contribution in [0, 0.1) is 0 Å². The molecule has 1 amide bonds. The van der Waals surface area contributed by atoms with Crippen LogP contribution in [0.5, 0.6) is 0 Å². The van der Waals surface area contributed by atoms with Crippen LogP contribution in [0.1, 0.15) is 16.1 Å². The summed E-state index contributed by atoms with van der Waals surface area (Å²) in [6.07, 6.45) is 3.74. The molecular formula is C21H16BrN3OS2. The molecule has 0 radical (unpaired) electrons. The second-order valence-electron chi connectivity index (χ2n) is 6.05. The highest BCUT2D eigenvalue weighted by atomic mass is 79.9. The van der Waals surface area contributed by atoms with E-state index < -0.39 is 0 Å². The number of nitrogens with zero attached hydrogens (tertiary/aromatic N) is 3. The second kappa shape index (κ2) is 8.43. The molecule has 0 aliphatic carbocycles. The molecular weight excluding hydrogens is 454 g/mol. The average molecular weight is 470 g/mol. The fourth-order valence-corrected chi connectivity index (χ4v) is 4.77. The maximum Gasteiger partial charge on any atom is 0.260 e. The molecule has 0 unspecified atom stereocenters. The Labute approximate surface area is 179 Å². The molecule has 0 fully saturated rings. The van der Waals surface area contributed by atoms with Crippen LogP contribution < -0.4 is 4.90 Å². The van der Waals surface area contributed by atoms with Crippen LogP contribution in [0.15, 0.2) is 76.2 Å². The molecule has 0 aliphatic heterocycles. The Morgan fingerprint density at radius 3 is 2.82 bits per heavy atom. The fourth-order valence-electron chi connectivity index (χ4n) is 2.79. The number of thioether (sulfide) groups is 1. The zero-order chi connectivity index (χ0) is 19.5. The molecule has 4 nitrogen and oxygen atoms in total. The first-order chi connectivity index (χ1) is 13.6. The van der Waals surface area contributed by atoms with E-state index in [1.165, 1.54) is 11.3 Å². The van der Waals surface area contributed by atoms with Crippen LogP contribution in [0.4, 0.5) is 5.13 Å². The highest BCUT2D eigenvalue weighted by Crippen LogP contribution is 2.32. The first-order valence-corrected chi connectivity index (χ1v) is 11.4. The van der Waals surface area contributed by atoms with Gasteiger partial charge in [-0.25, -0.2) is 4.98 Å². The molecule has 0 aliphatic rings. The molecule has 4 aromatic rings. The van der Waals surface area contributed by atoms with Crippen molar-refractivity contribution in [1.29, 1.82) is 0 Å². The Morgan fingerprint density at radius 1 is 1.14 bits per heavy atom. The minimum atomic E-state index is -0.0836. The third-order valence-corrected chi connectivity index (χ3v) is 6.44. The van der Waals surface area contributed by atoms with Gasteiger partial charge in [0.2, 0.25) is 0 Å². The van der Waals surface area contributed by atoms with Gasteiger partial charge in [0, 0.05) is 21.1 Å². The van der Waals surface area contributed by atoms with Gasteiger partial charge in [0.15, 0.2) is 5.13 Å². The highest BCUT2D eigenvalue weighted by Gasteiger charge is 2.22. The minimum Gasteiger partial charge on any atom is -0.278 e. The van der Waals surface area contributed by atoms with Crippen LogP contribution in [0.25, 0.3) is 10.2 Å². The van der Waals surface area contributed by atoms with Crippen molar-refractivity contribution in [3.8, 4) is 0 Å². The van der Waals surface area contributed by atoms with Crippen LogP contribution in [-0.2, 0) is 6.54 Å². The quantitative estimate of drug-likeness (QED) is 0.335. The maximum atomic E-state index is 13.4. The Morgan fingerprint density at radius 2 is 2.04 bits per heavy atom. The molecule has 28 heavy (non-hydrogen) atoms. The number of carbonyl (C=O) groups is 1. The van der Waals surface area contributed by atoms with E-state index in [0.29, 0.717) is 17.2 Å². The number of thiazole rings is 1. The number of hydrogen-bond donors (Lipinski definition) is 0. The second-order valence-corrected chi connectivity index (χ2v) is 8.86. The lowest BCUT2D eigenvalue weighted by atomic mass is 10.2. The lowest BCUT2D eigenvalue weighted by molar-refractivity contribution is 0.0984. The van der Waals surface area contributed by atoms with Gasteiger partial charge >= 0.3 is 0 Å². The number of benzene rings is 2. The van der Waals surface area contributed by atoms with Crippen molar-refractivity contribution in [3.63, 3.8) is 0 Å². The number of amides is 1. The van der Waals surface area contributed by atoms with Crippen molar-refractivity contribution in [3.05, 3.63) is 82.6 Å². The summed E-state index contributed by atoms with van der Waals surface area (Å²) in [5.41, 5.74) is 2.33. The third kappa shape index (κ3) is 4.11. The number of anilines is 1. The topological polar surface area (TPSA) is 46.1 Å². The molecule has 7 heteroatoms. The molecule has 0 saturated carbocycles. The summed E-state index contributed by atoms with van der Waals surface area (Å²) in [6.45, 7) is 0.365. The van der Waals surface area contributed by atoms with Crippen LogP contribution in [-0.4, -0.2) is 22.1 Å². The number of halogens is 1. The summed E-state index contributed by atoms with van der Waals surface area (Å²) in [7, 11) is 0. The van der Waals surface area contributed by atoms with Gasteiger partial charge in [0.1, 0.15) is 0 Å². The van der Waals surface area contributed by atoms with E-state index in [2.05, 4.69) is 20.9 Å². The van der Waals surface area contributed by atoms with Gasteiger partial charge in [-0.3, -0.25) is 14.7 Å². The summed E-state index contributed by atoms with van der Waals surface area (Å²) in [5.74, 6) is -0.0836. The zero-order valence-electron chi connectivity index (χ0n) is 15.0. The minimum absolute atomic E-state index is 0.0836. The maximum absolute atomic E-state index is 13.4. The van der Waals surface area contributed by atoms with Crippen molar-refractivity contribution >= 4 is 60.3 Å². The molecule has 2 heterocycles. The van der Waals surface area contributed by atoms with Gasteiger partial charge in [-0.2, -0.15) is 0 Å². The number of carbonyl (C=O) groups excluding carboxylic acids is 1. The van der Waals surface area contributed by atoms with E-state index in [1.807, 2.05) is 66.9 Å². The molecule has 2 aromatic heterocycles. The summed E-state index contributed by atoms with van der Waals surface area (Å²) in [5, 5.41) is 0.665. The average Bonchev–Trinajstić information content (AvgIpc) is 3.15. The summed E-state index contributed by atoms with van der Waals surface area (Å²) >= 11 is 6.62. The number of hydrogen-bond acceptors (Lipinski definition) is 5. The molecule has 4 rings (SSSR count). The van der Waals surface area contributed by atoms with Crippen molar-refractivity contribution in [2.45, 2.75) is 11.4 Å². The first-order valence-electron chi connectivity index (χ1n) is 8.56. The molecule has 0 saturated heterocycles. The summed E-state index contributed by atoms with van der Waals surface area (Å²) < 4.78 is 2.02. The van der Waals surface area contributed by atoms with Crippen LogP contribution in [0.3, 0.4) is 0 Å². The Balaban J connectivity index is 1.77. The smallest absolute Gasteiger partial charge is 0.260 e. The summed E-state index contributed by atoms with van der Waals surface area (Å²) in [4.78, 5) is 25.3. The largest absolute Gasteiger partial charge is 0.278 e. The molecule has 2 aromatic carbocycles. The van der Waals surface area contributed by atoms with Crippen molar-refractivity contribution in [2.24, 2.45) is 0 Å².